The third-order valence-corrected chi connectivity index (χ3v) is 3.52. The molecule has 0 aliphatic heterocycles. The quantitative estimate of drug-likeness (QED) is 0.925. The molecule has 23 heavy (non-hydrogen) atoms. The molecule has 2 aromatic carbocycles. The minimum atomic E-state index is -0.404. The van der Waals surface area contributed by atoms with Crippen molar-refractivity contribution in [3.63, 3.8) is 0 Å². The van der Waals surface area contributed by atoms with Gasteiger partial charge in [0.25, 0.3) is 0 Å². The van der Waals surface area contributed by atoms with Crippen LogP contribution in [0.4, 0.5) is 15.8 Å². The van der Waals surface area contributed by atoms with Crippen molar-refractivity contribution in [3.8, 4) is 0 Å². The molecule has 0 aromatic heterocycles. The van der Waals surface area contributed by atoms with Gasteiger partial charge in [0.15, 0.2) is 0 Å². The van der Waals surface area contributed by atoms with Gasteiger partial charge >= 0.3 is 0 Å². The second-order valence-electron chi connectivity index (χ2n) is 5.09. The van der Waals surface area contributed by atoms with E-state index in [0.717, 1.165) is 5.56 Å². The van der Waals surface area contributed by atoms with Gasteiger partial charge in [-0.15, -0.1) is 0 Å². The molecule has 2 amide bonds. The van der Waals surface area contributed by atoms with Crippen molar-refractivity contribution in [3.05, 3.63) is 58.9 Å². The highest BCUT2D eigenvalue weighted by Gasteiger charge is 2.16. The van der Waals surface area contributed by atoms with Crippen LogP contribution < -0.4 is 10.2 Å². The topological polar surface area (TPSA) is 49.4 Å². The Balaban J connectivity index is 2.12. The Hall–Kier alpha value is -2.40. The normalized spacial score (nSPS) is 10.3. The molecule has 2 aromatic rings. The number of aryl methyl sites for hydroxylation is 1. The Morgan fingerprint density at radius 3 is 2.39 bits per heavy atom. The minimum Gasteiger partial charge on any atom is -0.324 e. The van der Waals surface area contributed by atoms with E-state index in [1.807, 2.05) is 6.92 Å². The van der Waals surface area contributed by atoms with Crippen molar-refractivity contribution < 1.29 is 14.0 Å². The van der Waals surface area contributed by atoms with Crippen LogP contribution in [-0.4, -0.2) is 18.4 Å². The zero-order valence-electron chi connectivity index (χ0n) is 12.8. The predicted molar refractivity (Wildman–Crippen MR) is 89.2 cm³/mol. The number of nitrogens with one attached hydrogen (secondary N) is 1. The molecule has 0 unspecified atom stereocenters. The summed E-state index contributed by atoms with van der Waals surface area (Å²) in [5.74, 6) is -1.06. The number of rotatable bonds is 4. The maximum Gasteiger partial charge on any atom is 0.244 e. The lowest BCUT2D eigenvalue weighted by atomic mass is 10.2. The first-order valence-electron chi connectivity index (χ1n) is 6.96. The lowest BCUT2D eigenvalue weighted by Gasteiger charge is -2.21. The van der Waals surface area contributed by atoms with Gasteiger partial charge in [-0.25, -0.2) is 4.39 Å². The van der Waals surface area contributed by atoms with Gasteiger partial charge in [-0.2, -0.15) is 0 Å². The molecule has 120 valence electrons. The molecular formula is C17H16ClFN2O2. The summed E-state index contributed by atoms with van der Waals surface area (Å²) in [6.07, 6.45) is 0. The van der Waals surface area contributed by atoms with Crippen LogP contribution in [-0.2, 0) is 9.59 Å². The van der Waals surface area contributed by atoms with Crippen LogP contribution in [0, 0.1) is 12.7 Å². The Labute approximate surface area is 138 Å². The highest BCUT2D eigenvalue weighted by molar-refractivity contribution is 6.30. The Morgan fingerprint density at radius 1 is 1.17 bits per heavy atom. The Bertz CT molecular complexity index is 732. The minimum absolute atomic E-state index is 0.164. The summed E-state index contributed by atoms with van der Waals surface area (Å²) < 4.78 is 13.0. The Kier molecular flexibility index (Phi) is 5.34. The largest absolute Gasteiger partial charge is 0.324 e. The van der Waals surface area contributed by atoms with Gasteiger partial charge < -0.3 is 10.2 Å². The summed E-state index contributed by atoms with van der Waals surface area (Å²) in [5.41, 5.74) is 1.91. The molecule has 0 saturated carbocycles. The van der Waals surface area contributed by atoms with Gasteiger partial charge in [-0.05, 0) is 55.0 Å². The average Bonchev–Trinajstić information content (AvgIpc) is 2.48. The summed E-state index contributed by atoms with van der Waals surface area (Å²) in [6.45, 7) is 3.01. The van der Waals surface area contributed by atoms with Crippen molar-refractivity contribution in [2.24, 2.45) is 0 Å². The van der Waals surface area contributed by atoms with Gasteiger partial charge in [0.05, 0.1) is 0 Å². The van der Waals surface area contributed by atoms with Crippen LogP contribution in [0.5, 0.6) is 0 Å². The number of hydrogen-bond acceptors (Lipinski definition) is 2. The maximum absolute atomic E-state index is 13.0. The first-order valence-corrected chi connectivity index (χ1v) is 7.34. The number of nitrogens with zero attached hydrogens (tertiary/aromatic N) is 1. The average molecular weight is 335 g/mol. The maximum atomic E-state index is 13.0. The van der Waals surface area contributed by atoms with E-state index < -0.39 is 5.82 Å². The van der Waals surface area contributed by atoms with Crippen LogP contribution >= 0.6 is 11.6 Å². The lowest BCUT2D eigenvalue weighted by Crippen LogP contribution is -2.36. The number of carbonyl (C=O) groups excluding carboxylic acids is 2. The van der Waals surface area contributed by atoms with E-state index in [1.54, 1.807) is 18.2 Å². The SMILES string of the molecule is CC(=O)N(CC(=O)Nc1ccc(Cl)cc1C)c1ccc(F)cc1. The van der Waals surface area contributed by atoms with E-state index in [0.29, 0.717) is 16.4 Å². The summed E-state index contributed by atoms with van der Waals surface area (Å²) in [5, 5.41) is 3.32. The van der Waals surface area contributed by atoms with Crippen LogP contribution in [0.25, 0.3) is 0 Å². The number of hydrogen-bond donors (Lipinski definition) is 1. The van der Waals surface area contributed by atoms with Gasteiger partial charge in [0, 0.05) is 23.3 Å². The third-order valence-electron chi connectivity index (χ3n) is 3.28. The van der Waals surface area contributed by atoms with E-state index in [2.05, 4.69) is 5.32 Å². The zero-order chi connectivity index (χ0) is 17.0. The van der Waals surface area contributed by atoms with E-state index in [1.165, 1.54) is 36.1 Å². The van der Waals surface area contributed by atoms with E-state index in [9.17, 15) is 14.0 Å². The highest BCUT2D eigenvalue weighted by atomic mass is 35.5. The van der Waals surface area contributed by atoms with Crippen molar-refractivity contribution in [2.45, 2.75) is 13.8 Å². The number of amides is 2. The first-order chi connectivity index (χ1) is 10.9. The summed E-state index contributed by atoms with van der Waals surface area (Å²) in [7, 11) is 0. The van der Waals surface area contributed by atoms with Crippen LogP contribution in [0.3, 0.4) is 0 Å². The van der Waals surface area contributed by atoms with Gasteiger partial charge in [0.1, 0.15) is 12.4 Å². The van der Waals surface area contributed by atoms with Crippen LogP contribution in [0.1, 0.15) is 12.5 Å². The van der Waals surface area contributed by atoms with Gasteiger partial charge in [-0.3, -0.25) is 9.59 Å². The standard InChI is InChI=1S/C17H16ClFN2O2/c1-11-9-13(18)3-8-16(11)20-17(23)10-21(12(2)22)15-6-4-14(19)5-7-15/h3-9H,10H2,1-2H3,(H,20,23). The van der Waals surface area contributed by atoms with Crippen molar-refractivity contribution in [1.82, 2.24) is 0 Å². The Morgan fingerprint density at radius 2 is 1.83 bits per heavy atom. The second-order valence-corrected chi connectivity index (χ2v) is 5.53. The first kappa shape index (κ1) is 17.0. The highest BCUT2D eigenvalue weighted by Crippen LogP contribution is 2.20. The number of halogens is 2. The smallest absolute Gasteiger partial charge is 0.244 e. The molecule has 0 saturated heterocycles. The fourth-order valence-corrected chi connectivity index (χ4v) is 2.33. The third kappa shape index (κ3) is 4.53. The monoisotopic (exact) mass is 334 g/mol. The molecule has 0 heterocycles. The van der Waals surface area contributed by atoms with Gasteiger partial charge in [0.2, 0.25) is 11.8 Å². The molecule has 0 aliphatic carbocycles. The summed E-state index contributed by atoms with van der Waals surface area (Å²) in [4.78, 5) is 25.2. The molecule has 0 radical (unpaired) electrons. The molecule has 1 N–H and O–H groups in total. The zero-order valence-corrected chi connectivity index (χ0v) is 13.5. The molecule has 4 nitrogen and oxygen atoms in total. The van der Waals surface area contributed by atoms with Gasteiger partial charge in [-0.1, -0.05) is 11.6 Å². The van der Waals surface area contributed by atoms with Crippen LogP contribution in [0.2, 0.25) is 5.02 Å². The molecule has 0 bridgehead atoms. The fourth-order valence-electron chi connectivity index (χ4n) is 2.11. The molecule has 6 heteroatoms. The molecular weight excluding hydrogens is 319 g/mol. The second kappa shape index (κ2) is 7.24. The molecule has 0 aliphatic rings. The number of benzene rings is 2. The summed E-state index contributed by atoms with van der Waals surface area (Å²) in [6, 6.07) is 10.5. The van der Waals surface area contributed by atoms with E-state index in [-0.39, 0.29) is 18.4 Å². The van der Waals surface area contributed by atoms with Crippen molar-refractivity contribution in [1.29, 1.82) is 0 Å². The predicted octanol–water partition coefficient (Wildman–Crippen LogP) is 3.78. The molecule has 0 spiro atoms. The lowest BCUT2D eigenvalue weighted by molar-refractivity contribution is -0.120. The summed E-state index contributed by atoms with van der Waals surface area (Å²) >= 11 is 5.88. The van der Waals surface area contributed by atoms with E-state index >= 15 is 0 Å². The molecule has 0 fully saturated rings. The fraction of sp³-hybridized carbons (Fsp3) is 0.176. The number of carbonyl (C=O) groups is 2. The van der Waals surface area contributed by atoms with Crippen LogP contribution in [0.15, 0.2) is 42.5 Å². The molecule has 0 atom stereocenters. The van der Waals surface area contributed by atoms with Crippen molar-refractivity contribution in [2.75, 3.05) is 16.8 Å². The number of anilines is 2. The molecule has 2 rings (SSSR count). The van der Waals surface area contributed by atoms with E-state index in [4.69, 9.17) is 11.6 Å². The van der Waals surface area contributed by atoms with Crippen molar-refractivity contribution >= 4 is 34.8 Å².